The summed E-state index contributed by atoms with van der Waals surface area (Å²) in [7, 11) is 0. The van der Waals surface area contributed by atoms with Gasteiger partial charge in [-0.2, -0.15) is 0 Å². The summed E-state index contributed by atoms with van der Waals surface area (Å²) in [5.41, 5.74) is 2.45. The second-order valence-corrected chi connectivity index (χ2v) is 7.35. The molecular formula is C20H23N3O5. The molecule has 0 radical (unpaired) electrons. The first-order valence-corrected chi connectivity index (χ1v) is 9.32. The standard InChI is InChI=1S/C20H23N3O5/c1-12-3-4-18-17(5-12)23(20(25)11-27-18)8-19(24)21-16-10-26-9-14(16)7-15-6-13(2)22-28-15/h3-6,14,16H,7-11H2,1-2H3,(H,21,24)/t14-,16+/m0/s1. The third kappa shape index (κ3) is 3.87. The molecule has 28 heavy (non-hydrogen) atoms. The van der Waals surface area contributed by atoms with E-state index in [1.54, 1.807) is 0 Å². The second kappa shape index (κ2) is 7.63. The molecule has 0 aliphatic carbocycles. The molecule has 1 fully saturated rings. The molecule has 2 aliphatic heterocycles. The minimum atomic E-state index is -0.232. The van der Waals surface area contributed by atoms with Crippen LogP contribution in [0.4, 0.5) is 5.69 Å². The van der Waals surface area contributed by atoms with E-state index < -0.39 is 0 Å². The van der Waals surface area contributed by atoms with Crippen LogP contribution in [0.15, 0.2) is 28.8 Å². The van der Waals surface area contributed by atoms with Crippen LogP contribution in [0.1, 0.15) is 17.0 Å². The summed E-state index contributed by atoms with van der Waals surface area (Å²) in [6.07, 6.45) is 0.643. The third-order valence-electron chi connectivity index (χ3n) is 5.04. The number of hydrogen-bond donors (Lipinski definition) is 1. The molecule has 2 aliphatic rings. The van der Waals surface area contributed by atoms with Gasteiger partial charge in [-0.05, 0) is 31.5 Å². The Labute approximate surface area is 162 Å². The van der Waals surface area contributed by atoms with Gasteiger partial charge in [0.25, 0.3) is 5.91 Å². The Balaban J connectivity index is 1.41. The van der Waals surface area contributed by atoms with E-state index in [4.69, 9.17) is 14.0 Å². The Bertz CT molecular complexity index is 894. The lowest BCUT2D eigenvalue weighted by Gasteiger charge is -2.29. The van der Waals surface area contributed by atoms with Crippen LogP contribution >= 0.6 is 0 Å². The second-order valence-electron chi connectivity index (χ2n) is 7.35. The van der Waals surface area contributed by atoms with Gasteiger partial charge in [-0.3, -0.25) is 14.5 Å². The molecule has 4 rings (SSSR count). The number of fused-ring (bicyclic) bond motifs is 1. The average Bonchev–Trinajstić information content (AvgIpc) is 3.27. The zero-order valence-electron chi connectivity index (χ0n) is 15.9. The molecule has 3 heterocycles. The Kier molecular flexibility index (Phi) is 5.04. The van der Waals surface area contributed by atoms with Crippen LogP contribution in [0.3, 0.4) is 0 Å². The number of ether oxygens (including phenoxy) is 2. The Morgan fingerprint density at radius 3 is 2.93 bits per heavy atom. The van der Waals surface area contributed by atoms with Gasteiger partial charge in [0.1, 0.15) is 18.1 Å². The van der Waals surface area contributed by atoms with Gasteiger partial charge in [-0.1, -0.05) is 11.2 Å². The molecule has 1 aromatic heterocycles. The van der Waals surface area contributed by atoms with E-state index in [9.17, 15) is 9.59 Å². The largest absolute Gasteiger partial charge is 0.482 e. The highest BCUT2D eigenvalue weighted by molar-refractivity contribution is 6.02. The lowest BCUT2D eigenvalue weighted by molar-refractivity contribution is -0.125. The normalized spacial score (nSPS) is 21.4. The molecule has 0 bridgehead atoms. The zero-order valence-corrected chi connectivity index (χ0v) is 15.9. The summed E-state index contributed by atoms with van der Waals surface area (Å²) in [6, 6.07) is 7.35. The molecule has 8 nitrogen and oxygen atoms in total. The van der Waals surface area contributed by atoms with Gasteiger partial charge in [0.2, 0.25) is 5.91 Å². The number of amides is 2. The van der Waals surface area contributed by atoms with Crippen molar-refractivity contribution in [1.29, 1.82) is 0 Å². The molecule has 2 atom stereocenters. The average molecular weight is 385 g/mol. The van der Waals surface area contributed by atoms with Crippen molar-refractivity contribution < 1.29 is 23.6 Å². The van der Waals surface area contributed by atoms with Gasteiger partial charge in [0.05, 0.1) is 30.6 Å². The summed E-state index contributed by atoms with van der Waals surface area (Å²) in [6.45, 7) is 4.67. The van der Waals surface area contributed by atoms with Crippen LogP contribution in [0.25, 0.3) is 0 Å². The number of rotatable bonds is 5. The van der Waals surface area contributed by atoms with E-state index in [-0.39, 0.29) is 36.9 Å². The lowest BCUT2D eigenvalue weighted by Crippen LogP contribution is -2.49. The molecule has 1 aromatic carbocycles. The molecule has 148 valence electrons. The predicted molar refractivity (Wildman–Crippen MR) is 100 cm³/mol. The van der Waals surface area contributed by atoms with E-state index in [0.717, 1.165) is 17.0 Å². The van der Waals surface area contributed by atoms with E-state index >= 15 is 0 Å². The topological polar surface area (TPSA) is 93.9 Å². The molecular weight excluding hydrogens is 362 g/mol. The first kappa shape index (κ1) is 18.5. The van der Waals surface area contributed by atoms with Gasteiger partial charge < -0.3 is 19.3 Å². The summed E-state index contributed by atoms with van der Waals surface area (Å²) >= 11 is 0. The van der Waals surface area contributed by atoms with Crippen molar-refractivity contribution in [2.45, 2.75) is 26.3 Å². The van der Waals surface area contributed by atoms with Crippen molar-refractivity contribution in [3.8, 4) is 5.75 Å². The first-order chi connectivity index (χ1) is 13.5. The number of benzene rings is 1. The number of carbonyl (C=O) groups is 2. The first-order valence-electron chi connectivity index (χ1n) is 9.32. The van der Waals surface area contributed by atoms with Crippen LogP contribution in [-0.4, -0.2) is 49.4 Å². The lowest BCUT2D eigenvalue weighted by atomic mass is 9.98. The highest BCUT2D eigenvalue weighted by Gasteiger charge is 2.33. The number of aromatic nitrogens is 1. The monoisotopic (exact) mass is 385 g/mol. The number of anilines is 1. The van der Waals surface area contributed by atoms with Crippen LogP contribution in [-0.2, 0) is 20.7 Å². The van der Waals surface area contributed by atoms with Gasteiger partial charge >= 0.3 is 0 Å². The zero-order chi connectivity index (χ0) is 19.7. The molecule has 2 aromatic rings. The molecule has 1 saturated heterocycles. The fourth-order valence-electron chi connectivity index (χ4n) is 3.61. The Morgan fingerprint density at radius 2 is 2.14 bits per heavy atom. The SMILES string of the molecule is Cc1ccc2c(c1)N(CC(=O)N[C@@H]1COC[C@@H]1Cc1cc(C)no1)C(=O)CO2. The number of carbonyl (C=O) groups excluding carboxylic acids is 2. The van der Waals surface area contributed by atoms with Crippen LogP contribution in [0, 0.1) is 19.8 Å². The fourth-order valence-corrected chi connectivity index (χ4v) is 3.61. The van der Waals surface area contributed by atoms with Gasteiger partial charge in [-0.15, -0.1) is 0 Å². The van der Waals surface area contributed by atoms with Crippen molar-refractivity contribution in [1.82, 2.24) is 10.5 Å². The Hall–Kier alpha value is -2.87. The quantitative estimate of drug-likeness (QED) is 0.836. The van der Waals surface area contributed by atoms with E-state index in [1.165, 1.54) is 4.90 Å². The maximum Gasteiger partial charge on any atom is 0.265 e. The molecule has 8 heteroatoms. The van der Waals surface area contributed by atoms with Crippen LogP contribution < -0.4 is 15.0 Å². The highest BCUT2D eigenvalue weighted by atomic mass is 16.5. The van der Waals surface area contributed by atoms with Crippen LogP contribution in [0.5, 0.6) is 5.75 Å². The van der Waals surface area contributed by atoms with Crippen molar-refractivity contribution >= 4 is 17.5 Å². The minimum absolute atomic E-state index is 0.0523. The fraction of sp³-hybridized carbons (Fsp3) is 0.450. The molecule has 0 spiro atoms. The highest BCUT2D eigenvalue weighted by Crippen LogP contribution is 2.32. The van der Waals surface area contributed by atoms with Crippen molar-refractivity contribution in [2.24, 2.45) is 5.92 Å². The summed E-state index contributed by atoms with van der Waals surface area (Å²) in [4.78, 5) is 26.5. The molecule has 0 saturated carbocycles. The van der Waals surface area contributed by atoms with Gasteiger partial charge in [0, 0.05) is 18.4 Å². The summed E-state index contributed by atoms with van der Waals surface area (Å²) in [5.74, 6) is 1.04. The molecule has 0 unspecified atom stereocenters. The van der Waals surface area contributed by atoms with Gasteiger partial charge in [0.15, 0.2) is 6.61 Å². The van der Waals surface area contributed by atoms with Crippen molar-refractivity contribution in [3.63, 3.8) is 0 Å². The van der Waals surface area contributed by atoms with E-state index in [2.05, 4.69) is 10.5 Å². The molecule has 1 N–H and O–H groups in total. The van der Waals surface area contributed by atoms with Crippen molar-refractivity contribution in [2.75, 3.05) is 31.3 Å². The van der Waals surface area contributed by atoms with E-state index in [1.807, 2.05) is 38.1 Å². The number of hydrogen-bond acceptors (Lipinski definition) is 6. The maximum absolute atomic E-state index is 12.7. The third-order valence-corrected chi connectivity index (χ3v) is 5.04. The maximum atomic E-state index is 12.7. The van der Waals surface area contributed by atoms with E-state index in [0.29, 0.717) is 31.1 Å². The van der Waals surface area contributed by atoms with Gasteiger partial charge in [-0.25, -0.2) is 0 Å². The number of aryl methyl sites for hydroxylation is 2. The molecule has 2 amide bonds. The van der Waals surface area contributed by atoms with Crippen molar-refractivity contribution in [3.05, 3.63) is 41.3 Å². The van der Waals surface area contributed by atoms with Crippen LogP contribution in [0.2, 0.25) is 0 Å². The summed E-state index contributed by atoms with van der Waals surface area (Å²) in [5, 5.41) is 6.91. The Morgan fingerprint density at radius 1 is 1.29 bits per heavy atom. The summed E-state index contributed by atoms with van der Waals surface area (Å²) < 4.78 is 16.3. The minimum Gasteiger partial charge on any atom is -0.482 e. The number of nitrogens with one attached hydrogen (secondary N) is 1. The predicted octanol–water partition coefficient (Wildman–Crippen LogP) is 1.39. The number of nitrogens with zero attached hydrogens (tertiary/aromatic N) is 2. The smallest absolute Gasteiger partial charge is 0.265 e.